The lowest BCUT2D eigenvalue weighted by molar-refractivity contribution is 0.141. The molecule has 3 aromatic rings. The number of nitrogens with zero attached hydrogens (tertiary/aromatic N) is 6. The minimum atomic E-state index is 0.714. The molecular formula is C23H31N7. The van der Waals surface area contributed by atoms with Gasteiger partial charge in [0.15, 0.2) is 5.65 Å². The molecule has 2 fully saturated rings. The first-order valence-corrected chi connectivity index (χ1v) is 11.2. The van der Waals surface area contributed by atoms with Gasteiger partial charge in [0, 0.05) is 31.9 Å². The van der Waals surface area contributed by atoms with Gasteiger partial charge in [0.2, 0.25) is 5.95 Å². The number of para-hydroxylation sites is 1. The summed E-state index contributed by atoms with van der Waals surface area (Å²) in [6.07, 6.45) is 8.33. The molecule has 7 heteroatoms. The van der Waals surface area contributed by atoms with Crippen molar-refractivity contribution in [2.45, 2.75) is 45.1 Å². The molecule has 5 rings (SSSR count). The number of piperidine rings is 2. The second-order valence-corrected chi connectivity index (χ2v) is 8.63. The van der Waals surface area contributed by atoms with Gasteiger partial charge in [-0.05, 0) is 57.3 Å². The van der Waals surface area contributed by atoms with Crippen molar-refractivity contribution in [2.75, 3.05) is 36.4 Å². The first kappa shape index (κ1) is 19.3. The van der Waals surface area contributed by atoms with E-state index in [1.807, 2.05) is 24.0 Å². The third-order valence-corrected chi connectivity index (χ3v) is 6.63. The van der Waals surface area contributed by atoms with Crippen LogP contribution in [0.3, 0.4) is 0 Å². The van der Waals surface area contributed by atoms with Gasteiger partial charge < -0.3 is 15.1 Å². The highest BCUT2D eigenvalue weighted by atomic mass is 15.3. The molecule has 0 saturated carbocycles. The lowest BCUT2D eigenvalue weighted by atomic mass is 10.0. The minimum absolute atomic E-state index is 0.714. The molecule has 1 N–H and O–H groups in total. The maximum absolute atomic E-state index is 4.95. The van der Waals surface area contributed by atoms with Gasteiger partial charge in [0.05, 0.1) is 11.6 Å². The molecule has 7 nitrogen and oxygen atoms in total. The van der Waals surface area contributed by atoms with E-state index in [0.29, 0.717) is 6.04 Å². The molecule has 4 heterocycles. The summed E-state index contributed by atoms with van der Waals surface area (Å²) in [4.78, 5) is 14.9. The smallest absolute Gasteiger partial charge is 0.229 e. The van der Waals surface area contributed by atoms with Crippen LogP contribution in [0.15, 0.2) is 30.5 Å². The Kier molecular flexibility index (Phi) is 5.29. The lowest BCUT2D eigenvalue weighted by Crippen LogP contribution is -2.47. The van der Waals surface area contributed by atoms with Crippen LogP contribution < -0.4 is 10.2 Å². The topological polar surface area (TPSA) is 62.1 Å². The molecule has 0 atom stereocenters. The van der Waals surface area contributed by atoms with Crippen LogP contribution in [0, 0.1) is 6.92 Å². The van der Waals surface area contributed by atoms with Crippen molar-refractivity contribution in [2.24, 2.45) is 7.05 Å². The molecule has 2 aliphatic heterocycles. The molecule has 0 radical (unpaired) electrons. The minimum Gasteiger partial charge on any atom is -0.341 e. The predicted octanol–water partition coefficient (Wildman–Crippen LogP) is 3.87. The summed E-state index contributed by atoms with van der Waals surface area (Å²) in [5.41, 5.74) is 3.13. The zero-order valence-electron chi connectivity index (χ0n) is 18.0. The average molecular weight is 406 g/mol. The lowest BCUT2D eigenvalue weighted by Gasteiger charge is -2.40. The quantitative estimate of drug-likeness (QED) is 0.711. The summed E-state index contributed by atoms with van der Waals surface area (Å²) in [5.74, 6) is 1.63. The highest BCUT2D eigenvalue weighted by Crippen LogP contribution is 2.29. The van der Waals surface area contributed by atoms with Crippen molar-refractivity contribution in [3.8, 4) is 0 Å². The zero-order chi connectivity index (χ0) is 20.5. The van der Waals surface area contributed by atoms with Gasteiger partial charge in [-0.2, -0.15) is 15.1 Å². The maximum Gasteiger partial charge on any atom is 0.229 e. The van der Waals surface area contributed by atoms with Crippen molar-refractivity contribution in [3.63, 3.8) is 0 Å². The fraction of sp³-hybridized carbons (Fsp3) is 0.522. The highest BCUT2D eigenvalue weighted by Gasteiger charge is 2.27. The van der Waals surface area contributed by atoms with E-state index in [-0.39, 0.29) is 0 Å². The number of nitrogens with one attached hydrogen (secondary N) is 1. The first-order chi connectivity index (χ1) is 14.7. The Hall–Kier alpha value is -2.67. The van der Waals surface area contributed by atoms with Gasteiger partial charge in [-0.1, -0.05) is 24.6 Å². The van der Waals surface area contributed by atoms with Crippen LogP contribution in [0.2, 0.25) is 0 Å². The number of hydrogen-bond donors (Lipinski definition) is 1. The van der Waals surface area contributed by atoms with Crippen LogP contribution in [0.25, 0.3) is 11.0 Å². The van der Waals surface area contributed by atoms with Crippen molar-refractivity contribution in [3.05, 3.63) is 36.0 Å². The second kappa shape index (κ2) is 8.22. The fourth-order valence-corrected chi connectivity index (χ4v) is 4.80. The second-order valence-electron chi connectivity index (χ2n) is 8.63. The van der Waals surface area contributed by atoms with Gasteiger partial charge in [-0.3, -0.25) is 4.68 Å². The third-order valence-electron chi connectivity index (χ3n) is 6.63. The average Bonchev–Trinajstić information content (AvgIpc) is 3.17. The van der Waals surface area contributed by atoms with E-state index in [1.165, 1.54) is 50.8 Å². The van der Waals surface area contributed by atoms with E-state index < -0.39 is 0 Å². The molecule has 0 spiro atoms. The number of aromatic nitrogens is 4. The Morgan fingerprint density at radius 3 is 2.50 bits per heavy atom. The van der Waals surface area contributed by atoms with Crippen LogP contribution in [0.4, 0.5) is 17.5 Å². The van der Waals surface area contributed by atoms with E-state index in [0.717, 1.165) is 41.6 Å². The van der Waals surface area contributed by atoms with Gasteiger partial charge >= 0.3 is 0 Å². The Balaban J connectivity index is 1.39. The monoisotopic (exact) mass is 405 g/mol. The van der Waals surface area contributed by atoms with E-state index in [4.69, 9.17) is 9.97 Å². The largest absolute Gasteiger partial charge is 0.341 e. The van der Waals surface area contributed by atoms with Crippen LogP contribution in [-0.4, -0.2) is 56.9 Å². The summed E-state index contributed by atoms with van der Waals surface area (Å²) < 4.78 is 1.84. The van der Waals surface area contributed by atoms with E-state index in [9.17, 15) is 0 Å². The summed E-state index contributed by atoms with van der Waals surface area (Å²) in [5, 5.41) is 8.91. The molecule has 0 bridgehead atoms. The number of rotatable bonds is 4. The summed E-state index contributed by atoms with van der Waals surface area (Å²) in [7, 11) is 1.94. The van der Waals surface area contributed by atoms with E-state index in [2.05, 4.69) is 45.3 Å². The molecule has 1 aromatic carbocycles. The SMILES string of the molecule is Cc1ccccc1Nc1nc(N2CCC(N3CCCCC3)CC2)nc2c1cnn2C. The van der Waals surface area contributed by atoms with E-state index >= 15 is 0 Å². The van der Waals surface area contributed by atoms with Crippen molar-refractivity contribution in [1.29, 1.82) is 0 Å². The van der Waals surface area contributed by atoms with Crippen molar-refractivity contribution >= 4 is 28.5 Å². The Morgan fingerprint density at radius 2 is 1.73 bits per heavy atom. The predicted molar refractivity (Wildman–Crippen MR) is 121 cm³/mol. The van der Waals surface area contributed by atoms with Crippen molar-refractivity contribution < 1.29 is 0 Å². The number of likely N-dealkylation sites (tertiary alicyclic amines) is 1. The number of aryl methyl sites for hydroxylation is 2. The Bertz CT molecular complexity index is 1010. The van der Waals surface area contributed by atoms with Crippen LogP contribution >= 0.6 is 0 Å². The molecule has 0 amide bonds. The summed E-state index contributed by atoms with van der Waals surface area (Å²) >= 11 is 0. The molecule has 2 aliphatic rings. The van der Waals surface area contributed by atoms with Gasteiger partial charge in [-0.25, -0.2) is 0 Å². The normalized spacial score (nSPS) is 18.8. The van der Waals surface area contributed by atoms with Crippen LogP contribution in [-0.2, 0) is 7.05 Å². The van der Waals surface area contributed by atoms with Gasteiger partial charge in [-0.15, -0.1) is 0 Å². The highest BCUT2D eigenvalue weighted by molar-refractivity contribution is 5.89. The molecule has 0 aliphatic carbocycles. The Morgan fingerprint density at radius 1 is 0.967 bits per heavy atom. The molecule has 30 heavy (non-hydrogen) atoms. The van der Waals surface area contributed by atoms with Crippen molar-refractivity contribution in [1.82, 2.24) is 24.6 Å². The summed E-state index contributed by atoms with van der Waals surface area (Å²) in [6, 6.07) is 9.01. The van der Waals surface area contributed by atoms with E-state index in [1.54, 1.807) is 0 Å². The fourth-order valence-electron chi connectivity index (χ4n) is 4.80. The third kappa shape index (κ3) is 3.74. The zero-order valence-corrected chi connectivity index (χ0v) is 18.0. The molecular weight excluding hydrogens is 374 g/mol. The standard InChI is InChI=1S/C23H31N7/c1-17-8-4-5-9-20(17)25-21-19-16-24-28(2)22(19)27-23(26-21)30-14-10-18(11-15-30)29-12-6-3-7-13-29/h4-5,8-9,16,18H,3,6-7,10-15H2,1-2H3,(H,25,26,27). The van der Waals surface area contributed by atoms with Gasteiger partial charge in [0.25, 0.3) is 0 Å². The molecule has 2 saturated heterocycles. The number of hydrogen-bond acceptors (Lipinski definition) is 6. The maximum atomic E-state index is 4.95. The molecule has 0 unspecified atom stereocenters. The van der Waals surface area contributed by atoms with Crippen LogP contribution in [0.1, 0.15) is 37.7 Å². The van der Waals surface area contributed by atoms with Gasteiger partial charge in [0.1, 0.15) is 5.82 Å². The number of fused-ring (bicyclic) bond motifs is 1. The van der Waals surface area contributed by atoms with Crippen LogP contribution in [0.5, 0.6) is 0 Å². The number of anilines is 3. The number of benzene rings is 1. The molecule has 2 aromatic heterocycles. The summed E-state index contributed by atoms with van der Waals surface area (Å²) in [6.45, 7) is 6.66. The molecule has 158 valence electrons. The first-order valence-electron chi connectivity index (χ1n) is 11.2. The Labute approximate surface area is 178 Å².